The highest BCUT2D eigenvalue weighted by Gasteiger charge is 2.29. The first-order chi connectivity index (χ1) is 8.60. The number of rotatable bonds is 0. The Morgan fingerprint density at radius 1 is 1.05 bits per heavy atom. The summed E-state index contributed by atoms with van der Waals surface area (Å²) in [5.41, 5.74) is 10.3. The van der Waals surface area contributed by atoms with Crippen LogP contribution in [0.2, 0.25) is 0 Å². The van der Waals surface area contributed by atoms with Crippen LogP contribution in [0.1, 0.15) is 70.7 Å². The van der Waals surface area contributed by atoms with Gasteiger partial charge in [-0.3, -0.25) is 0 Å². The van der Waals surface area contributed by atoms with Gasteiger partial charge in [-0.25, -0.2) is 0 Å². The van der Waals surface area contributed by atoms with Crippen molar-refractivity contribution in [1.29, 1.82) is 0 Å². The van der Waals surface area contributed by atoms with Crippen LogP contribution in [0, 0.1) is 0 Å². The zero-order valence-electron chi connectivity index (χ0n) is 13.1. The topological polar surface area (TPSA) is 35.2 Å². The number of benzene rings is 1. The van der Waals surface area contributed by atoms with E-state index < -0.39 is 0 Å². The van der Waals surface area contributed by atoms with Crippen molar-refractivity contribution in [3.8, 4) is 5.75 Å². The van der Waals surface area contributed by atoms with Crippen molar-refractivity contribution in [2.24, 2.45) is 5.73 Å². The fourth-order valence-corrected chi connectivity index (χ4v) is 2.52. The molecule has 19 heavy (non-hydrogen) atoms. The molecule has 0 amide bonds. The SMILES string of the molecule is CC(C)(C)c1cc2c(c(C(C)(C)C)c1)OCC[C@@H]2N. The van der Waals surface area contributed by atoms with Gasteiger partial charge in [0.25, 0.3) is 0 Å². The summed E-state index contributed by atoms with van der Waals surface area (Å²) in [4.78, 5) is 0. The molecule has 0 unspecified atom stereocenters. The zero-order chi connectivity index (χ0) is 14.4. The number of hydrogen-bond donors (Lipinski definition) is 1. The van der Waals surface area contributed by atoms with Crippen LogP contribution in [0.5, 0.6) is 5.75 Å². The molecule has 1 aliphatic rings. The van der Waals surface area contributed by atoms with Crippen LogP contribution in [0.4, 0.5) is 0 Å². The normalized spacial score (nSPS) is 19.8. The average molecular weight is 261 g/mol. The molecule has 1 heterocycles. The second-order valence-electron chi connectivity index (χ2n) is 7.69. The lowest BCUT2D eigenvalue weighted by atomic mass is 9.77. The Morgan fingerprint density at radius 2 is 1.68 bits per heavy atom. The summed E-state index contributed by atoms with van der Waals surface area (Å²) in [6, 6.07) is 4.65. The summed E-state index contributed by atoms with van der Waals surface area (Å²) in [5, 5.41) is 0. The smallest absolute Gasteiger partial charge is 0.127 e. The Morgan fingerprint density at radius 3 is 2.21 bits per heavy atom. The molecule has 0 saturated carbocycles. The zero-order valence-corrected chi connectivity index (χ0v) is 13.1. The van der Waals surface area contributed by atoms with E-state index in [0.29, 0.717) is 0 Å². The predicted octanol–water partition coefficient (Wildman–Crippen LogP) is 4.06. The summed E-state index contributed by atoms with van der Waals surface area (Å²) < 4.78 is 5.94. The van der Waals surface area contributed by atoms with Crippen LogP contribution in [0.15, 0.2) is 12.1 Å². The molecule has 0 aliphatic carbocycles. The molecule has 1 aromatic rings. The molecule has 0 bridgehead atoms. The van der Waals surface area contributed by atoms with E-state index in [9.17, 15) is 0 Å². The monoisotopic (exact) mass is 261 g/mol. The van der Waals surface area contributed by atoms with Gasteiger partial charge in [0.15, 0.2) is 0 Å². The highest BCUT2D eigenvalue weighted by Crippen LogP contribution is 2.42. The summed E-state index contributed by atoms with van der Waals surface area (Å²) in [5.74, 6) is 1.03. The first-order valence-electron chi connectivity index (χ1n) is 7.18. The standard InChI is InChI=1S/C17H27NO/c1-16(2,3)11-9-12-14(18)7-8-19-15(12)13(10-11)17(4,5)6/h9-10,14H,7-8,18H2,1-6H3/t14-/m0/s1. The van der Waals surface area contributed by atoms with Gasteiger partial charge in [0, 0.05) is 23.6 Å². The second kappa shape index (κ2) is 4.52. The lowest BCUT2D eigenvalue weighted by Gasteiger charge is -2.33. The first-order valence-corrected chi connectivity index (χ1v) is 7.18. The minimum absolute atomic E-state index is 0.0718. The highest BCUT2D eigenvalue weighted by molar-refractivity contribution is 5.51. The third kappa shape index (κ3) is 2.79. The highest BCUT2D eigenvalue weighted by atomic mass is 16.5. The van der Waals surface area contributed by atoms with Gasteiger partial charge in [0.1, 0.15) is 5.75 Å². The maximum atomic E-state index is 6.29. The van der Waals surface area contributed by atoms with Crippen molar-refractivity contribution in [3.05, 3.63) is 28.8 Å². The van der Waals surface area contributed by atoms with Crippen molar-refractivity contribution < 1.29 is 4.74 Å². The molecule has 0 aromatic heterocycles. The van der Waals surface area contributed by atoms with Gasteiger partial charge in [-0.2, -0.15) is 0 Å². The van der Waals surface area contributed by atoms with E-state index in [-0.39, 0.29) is 16.9 Å². The van der Waals surface area contributed by atoms with E-state index in [1.165, 1.54) is 16.7 Å². The Bertz CT molecular complexity index is 477. The van der Waals surface area contributed by atoms with E-state index in [0.717, 1.165) is 18.8 Å². The molecule has 0 radical (unpaired) electrons. The van der Waals surface area contributed by atoms with Crippen LogP contribution >= 0.6 is 0 Å². The summed E-state index contributed by atoms with van der Waals surface area (Å²) >= 11 is 0. The van der Waals surface area contributed by atoms with Crippen molar-refractivity contribution in [2.75, 3.05) is 6.61 Å². The molecule has 1 atom stereocenters. The Labute approximate surface area is 117 Å². The van der Waals surface area contributed by atoms with E-state index in [2.05, 4.69) is 53.7 Å². The summed E-state index contributed by atoms with van der Waals surface area (Å²) in [7, 11) is 0. The van der Waals surface area contributed by atoms with Crippen molar-refractivity contribution in [1.82, 2.24) is 0 Å². The van der Waals surface area contributed by atoms with Crippen LogP contribution < -0.4 is 10.5 Å². The Kier molecular flexibility index (Phi) is 3.42. The fourth-order valence-electron chi connectivity index (χ4n) is 2.52. The van der Waals surface area contributed by atoms with Crippen LogP contribution in [-0.4, -0.2) is 6.61 Å². The lowest BCUT2D eigenvalue weighted by Crippen LogP contribution is -2.26. The van der Waals surface area contributed by atoms with Crippen molar-refractivity contribution in [3.63, 3.8) is 0 Å². The van der Waals surface area contributed by atoms with Crippen LogP contribution in [0.25, 0.3) is 0 Å². The molecule has 2 heteroatoms. The van der Waals surface area contributed by atoms with E-state index >= 15 is 0 Å². The Balaban J connectivity index is 2.68. The van der Waals surface area contributed by atoms with Gasteiger partial charge in [0.2, 0.25) is 0 Å². The molecule has 2 nitrogen and oxygen atoms in total. The quantitative estimate of drug-likeness (QED) is 0.764. The maximum Gasteiger partial charge on any atom is 0.127 e. The Hall–Kier alpha value is -1.02. The maximum absolute atomic E-state index is 6.29. The summed E-state index contributed by atoms with van der Waals surface area (Å²) in [6.45, 7) is 14.2. The number of fused-ring (bicyclic) bond motifs is 1. The average Bonchev–Trinajstić information content (AvgIpc) is 2.25. The molecule has 2 N–H and O–H groups in total. The van der Waals surface area contributed by atoms with Gasteiger partial charge in [-0.15, -0.1) is 0 Å². The molecule has 0 fully saturated rings. The molecule has 106 valence electrons. The molecular weight excluding hydrogens is 234 g/mol. The minimum Gasteiger partial charge on any atom is -0.493 e. The molecule has 2 rings (SSSR count). The molecule has 1 aromatic carbocycles. The fraction of sp³-hybridized carbons (Fsp3) is 0.647. The summed E-state index contributed by atoms with van der Waals surface area (Å²) in [6.07, 6.45) is 0.907. The number of nitrogens with two attached hydrogens (primary N) is 1. The van der Waals surface area contributed by atoms with E-state index in [1.54, 1.807) is 0 Å². The van der Waals surface area contributed by atoms with Crippen LogP contribution in [0.3, 0.4) is 0 Å². The third-order valence-corrected chi connectivity index (χ3v) is 3.87. The lowest BCUT2D eigenvalue weighted by molar-refractivity contribution is 0.261. The predicted molar refractivity (Wildman–Crippen MR) is 80.9 cm³/mol. The minimum atomic E-state index is 0.0718. The van der Waals surface area contributed by atoms with Gasteiger partial charge >= 0.3 is 0 Å². The van der Waals surface area contributed by atoms with Gasteiger partial charge in [-0.05, 0) is 22.5 Å². The molecule has 0 saturated heterocycles. The number of ether oxygens (including phenoxy) is 1. The molecule has 0 spiro atoms. The molecular formula is C17H27NO. The molecule has 1 aliphatic heterocycles. The second-order valence-corrected chi connectivity index (χ2v) is 7.69. The van der Waals surface area contributed by atoms with Crippen LogP contribution in [-0.2, 0) is 10.8 Å². The van der Waals surface area contributed by atoms with Gasteiger partial charge in [-0.1, -0.05) is 47.6 Å². The van der Waals surface area contributed by atoms with E-state index in [4.69, 9.17) is 10.5 Å². The van der Waals surface area contributed by atoms with Gasteiger partial charge < -0.3 is 10.5 Å². The van der Waals surface area contributed by atoms with Crippen molar-refractivity contribution >= 4 is 0 Å². The van der Waals surface area contributed by atoms with E-state index in [1.807, 2.05) is 0 Å². The number of hydrogen-bond acceptors (Lipinski definition) is 2. The van der Waals surface area contributed by atoms with Crippen molar-refractivity contribution in [2.45, 2.75) is 64.8 Å². The first kappa shape index (κ1) is 14.4. The largest absolute Gasteiger partial charge is 0.493 e. The van der Waals surface area contributed by atoms with Gasteiger partial charge in [0.05, 0.1) is 6.61 Å². The third-order valence-electron chi connectivity index (χ3n) is 3.87.